The largest absolute Gasteiger partial charge is 0.501 e. The standard InChI is InChI=1S/C18H12BrF2N5O4/c20-11-4-10(5-12(21)6-11)14-7-16(30-19(28)29)17(27)26(25-14)8-9-1-2-13-15(3-9)24-18(22)23-13/h1-7H,8H2,(H3,22,23,24). The third-order valence-electron chi connectivity index (χ3n) is 4.14. The maximum absolute atomic E-state index is 13.6. The average molecular weight is 480 g/mol. The first-order valence-corrected chi connectivity index (χ1v) is 10.3. The van der Waals surface area contributed by atoms with Gasteiger partial charge in [0.1, 0.15) is 11.6 Å². The van der Waals surface area contributed by atoms with Gasteiger partial charge in [-0.2, -0.15) is 5.10 Å². The molecule has 0 unspecified atom stereocenters. The summed E-state index contributed by atoms with van der Waals surface area (Å²) < 4.78 is 54.9. The SMILES string of the molecule is Nc1nc2ccc(Cn3nc(-c4cc(F)cc(F)c4)cc(O[Br+2]([O-])[O-])c3=O)cc2[nH]1. The minimum Gasteiger partial charge on any atom is -0.369 e. The van der Waals surface area contributed by atoms with E-state index >= 15 is 0 Å². The first kappa shape index (κ1) is 19.9. The van der Waals surface area contributed by atoms with Crippen molar-refractivity contribution >= 4 is 17.0 Å². The number of H-pyrrole nitrogens is 1. The van der Waals surface area contributed by atoms with Crippen molar-refractivity contribution in [1.29, 1.82) is 0 Å². The number of hydrogen-bond donors (Lipinski definition) is 2. The summed E-state index contributed by atoms with van der Waals surface area (Å²) in [6.45, 7) is -0.0737. The second kappa shape index (κ2) is 7.82. The molecule has 0 aliphatic carbocycles. The second-order valence-electron chi connectivity index (χ2n) is 6.25. The fraction of sp³-hybridized carbons (Fsp3) is 0.0556. The smallest absolute Gasteiger partial charge is 0.369 e. The summed E-state index contributed by atoms with van der Waals surface area (Å²) in [6.07, 6.45) is 0. The number of nitrogens with one attached hydrogen (secondary N) is 1. The van der Waals surface area contributed by atoms with Gasteiger partial charge in [-0.3, -0.25) is 4.79 Å². The number of anilines is 1. The maximum Gasteiger partial charge on any atom is 0.501 e. The normalized spacial score (nSPS) is 11.4. The zero-order valence-corrected chi connectivity index (χ0v) is 16.5. The molecule has 154 valence electrons. The Kier molecular flexibility index (Phi) is 5.20. The van der Waals surface area contributed by atoms with Gasteiger partial charge in [-0.1, -0.05) is 6.07 Å². The monoisotopic (exact) mass is 479 g/mol. The highest BCUT2D eigenvalue weighted by Gasteiger charge is 2.22. The molecule has 0 aliphatic heterocycles. The van der Waals surface area contributed by atoms with Gasteiger partial charge in [0.15, 0.2) is 5.95 Å². The van der Waals surface area contributed by atoms with E-state index in [1.54, 1.807) is 18.2 Å². The van der Waals surface area contributed by atoms with Crippen LogP contribution in [0.4, 0.5) is 14.7 Å². The molecule has 0 bridgehead atoms. The summed E-state index contributed by atoms with van der Waals surface area (Å²) in [5.41, 5.74) is 6.63. The lowest BCUT2D eigenvalue weighted by atomic mass is 10.1. The highest BCUT2D eigenvalue weighted by atomic mass is 80.0. The van der Waals surface area contributed by atoms with Gasteiger partial charge in [-0.15, -0.1) is 3.83 Å². The van der Waals surface area contributed by atoms with Crippen molar-refractivity contribution in [3.63, 3.8) is 0 Å². The Labute approximate surface area is 172 Å². The third kappa shape index (κ3) is 4.15. The molecule has 2 aromatic heterocycles. The molecule has 0 amide bonds. The van der Waals surface area contributed by atoms with Gasteiger partial charge in [0.05, 0.1) is 23.3 Å². The van der Waals surface area contributed by atoms with Gasteiger partial charge in [0.2, 0.25) is 0 Å². The van der Waals surface area contributed by atoms with E-state index in [9.17, 15) is 22.0 Å². The first-order valence-electron chi connectivity index (χ1n) is 8.35. The van der Waals surface area contributed by atoms with Crippen LogP contribution < -0.4 is 23.5 Å². The Morgan fingerprint density at radius 3 is 2.57 bits per heavy atom. The number of aromatic amines is 1. The van der Waals surface area contributed by atoms with E-state index in [-0.39, 0.29) is 23.8 Å². The zero-order chi connectivity index (χ0) is 21.4. The van der Waals surface area contributed by atoms with E-state index in [0.29, 0.717) is 22.7 Å². The molecule has 4 rings (SSSR count). The summed E-state index contributed by atoms with van der Waals surface area (Å²) in [6, 6.07) is 8.77. The number of halogens is 3. The molecule has 4 aromatic rings. The van der Waals surface area contributed by atoms with Crippen LogP contribution in [0, 0.1) is 26.4 Å². The van der Waals surface area contributed by atoms with Crippen LogP contribution in [0.2, 0.25) is 0 Å². The number of imidazole rings is 1. The Morgan fingerprint density at radius 1 is 1.13 bits per heavy atom. The maximum atomic E-state index is 13.6. The molecule has 0 atom stereocenters. The van der Waals surface area contributed by atoms with Crippen LogP contribution in [-0.2, 0) is 6.54 Å². The van der Waals surface area contributed by atoms with E-state index in [1.165, 1.54) is 0 Å². The van der Waals surface area contributed by atoms with Crippen LogP contribution in [0.5, 0.6) is 5.75 Å². The number of fused-ring (bicyclic) bond motifs is 1. The van der Waals surface area contributed by atoms with Crippen LogP contribution in [0.15, 0.2) is 47.3 Å². The molecule has 0 saturated carbocycles. The van der Waals surface area contributed by atoms with Crippen molar-refractivity contribution < 1.29 is 35.8 Å². The van der Waals surface area contributed by atoms with Gasteiger partial charge in [0, 0.05) is 17.7 Å². The molecule has 3 N–H and O–H groups in total. The lowest BCUT2D eigenvalue weighted by molar-refractivity contribution is -1.62. The predicted octanol–water partition coefficient (Wildman–Crippen LogP) is 0.160. The van der Waals surface area contributed by atoms with E-state index < -0.39 is 37.8 Å². The fourth-order valence-corrected chi connectivity index (χ4v) is 3.46. The van der Waals surface area contributed by atoms with Crippen LogP contribution in [0.3, 0.4) is 0 Å². The van der Waals surface area contributed by atoms with Crippen LogP contribution in [-0.4, -0.2) is 19.7 Å². The van der Waals surface area contributed by atoms with Crippen molar-refractivity contribution in [2.24, 2.45) is 0 Å². The van der Waals surface area contributed by atoms with E-state index in [2.05, 4.69) is 18.9 Å². The van der Waals surface area contributed by atoms with E-state index in [0.717, 1.165) is 22.9 Å². The minimum absolute atomic E-state index is 0.00809. The molecule has 0 fully saturated rings. The van der Waals surface area contributed by atoms with Gasteiger partial charge in [-0.25, -0.2) is 18.4 Å². The number of nitrogens with two attached hydrogens (primary N) is 1. The van der Waals surface area contributed by atoms with Crippen molar-refractivity contribution in [3.8, 4) is 17.0 Å². The quantitative estimate of drug-likeness (QED) is 0.414. The molecule has 30 heavy (non-hydrogen) atoms. The molecule has 0 aliphatic rings. The van der Waals surface area contributed by atoms with Crippen molar-refractivity contribution in [3.05, 3.63) is 70.0 Å². The molecular weight excluding hydrogens is 468 g/mol. The Hall–Kier alpha value is -3.35. The topological polar surface area (TPSA) is 145 Å². The number of hydrogen-bond acceptors (Lipinski definition) is 7. The van der Waals surface area contributed by atoms with Crippen LogP contribution in [0.1, 0.15) is 5.56 Å². The van der Waals surface area contributed by atoms with Gasteiger partial charge < -0.3 is 19.1 Å². The minimum atomic E-state index is -3.78. The lowest BCUT2D eigenvalue weighted by Crippen LogP contribution is -2.39. The lowest BCUT2D eigenvalue weighted by Gasteiger charge is -2.09. The highest BCUT2D eigenvalue weighted by Crippen LogP contribution is 2.22. The van der Waals surface area contributed by atoms with Crippen LogP contribution in [0.25, 0.3) is 22.3 Å². The highest BCUT2D eigenvalue weighted by molar-refractivity contribution is 5.77. The predicted molar refractivity (Wildman–Crippen MR) is 94.1 cm³/mol. The third-order valence-corrected chi connectivity index (χ3v) is 4.76. The van der Waals surface area contributed by atoms with Gasteiger partial charge in [-0.05, 0) is 29.8 Å². The van der Waals surface area contributed by atoms with Crippen molar-refractivity contribution in [1.82, 2.24) is 19.7 Å². The number of benzene rings is 2. The van der Waals surface area contributed by atoms with E-state index in [4.69, 9.17) is 5.73 Å². The molecular formula is C18H12BrF2N5O4. The van der Waals surface area contributed by atoms with Gasteiger partial charge in [0.25, 0.3) is 0 Å². The van der Waals surface area contributed by atoms with Crippen molar-refractivity contribution in [2.45, 2.75) is 6.54 Å². The fourth-order valence-electron chi connectivity index (χ4n) is 2.94. The summed E-state index contributed by atoms with van der Waals surface area (Å²) in [7, 11) is 0. The Morgan fingerprint density at radius 2 is 1.87 bits per heavy atom. The summed E-state index contributed by atoms with van der Waals surface area (Å²) >= 11 is -3.78. The number of nitrogens with zero attached hydrogens (tertiary/aromatic N) is 3. The molecule has 0 radical (unpaired) electrons. The molecule has 2 heterocycles. The van der Waals surface area contributed by atoms with Gasteiger partial charge >= 0.3 is 26.1 Å². The molecule has 0 saturated heterocycles. The Bertz CT molecular complexity index is 1290. The summed E-state index contributed by atoms with van der Waals surface area (Å²) in [4.78, 5) is 19.6. The second-order valence-corrected chi connectivity index (χ2v) is 7.37. The summed E-state index contributed by atoms with van der Waals surface area (Å²) in [5, 5.41) is 4.12. The first-order chi connectivity index (χ1) is 14.3. The van der Waals surface area contributed by atoms with E-state index in [1.807, 2.05) is 0 Å². The van der Waals surface area contributed by atoms with Crippen molar-refractivity contribution in [2.75, 3.05) is 5.73 Å². The molecule has 12 heteroatoms. The molecule has 9 nitrogen and oxygen atoms in total. The Balaban J connectivity index is 1.81. The van der Waals surface area contributed by atoms with Crippen LogP contribution >= 0.6 is 0 Å². The summed E-state index contributed by atoms with van der Waals surface area (Å²) in [5.74, 6) is -2.01. The molecule has 2 aromatic carbocycles. The number of rotatable bonds is 5. The number of nitrogen functional groups attached to an aromatic ring is 1. The average Bonchev–Trinajstić information content (AvgIpc) is 3.03. The number of aromatic nitrogens is 4. The zero-order valence-electron chi connectivity index (χ0n) is 14.9. The molecule has 0 spiro atoms.